The number of benzene rings is 2. The molecule has 2 N–H and O–H groups in total. The van der Waals surface area contributed by atoms with Gasteiger partial charge >= 0.3 is 12.1 Å². The van der Waals surface area contributed by atoms with Crippen LogP contribution in [0.25, 0.3) is 11.1 Å². The van der Waals surface area contributed by atoms with Gasteiger partial charge in [-0.15, -0.1) is 6.42 Å². The molecule has 2 aromatic rings. The van der Waals surface area contributed by atoms with Crippen LogP contribution in [0.5, 0.6) is 0 Å². The van der Waals surface area contributed by atoms with Crippen molar-refractivity contribution in [2.24, 2.45) is 5.92 Å². The van der Waals surface area contributed by atoms with Gasteiger partial charge in [-0.1, -0.05) is 68.3 Å². The maximum absolute atomic E-state index is 12.8. The Labute approximate surface area is 187 Å². The predicted octanol–water partition coefficient (Wildman–Crippen LogP) is 3.10. The minimum Gasteiger partial charge on any atom is -0.480 e. The number of nitrogens with one attached hydrogen (secondary N) is 1. The summed E-state index contributed by atoms with van der Waals surface area (Å²) in [4.78, 5) is 37.5. The predicted molar refractivity (Wildman–Crippen MR) is 120 cm³/mol. The Kier molecular flexibility index (Phi) is 7.16. The number of rotatable bonds is 8. The van der Waals surface area contributed by atoms with Crippen LogP contribution in [0.4, 0.5) is 4.79 Å². The molecule has 0 saturated heterocycles. The number of carboxylic acids is 1. The Bertz CT molecular complexity index is 1010. The molecule has 0 aromatic heterocycles. The van der Waals surface area contributed by atoms with E-state index < -0.39 is 30.6 Å². The van der Waals surface area contributed by atoms with Gasteiger partial charge in [-0.25, -0.2) is 4.79 Å². The largest absolute Gasteiger partial charge is 0.480 e. The highest BCUT2D eigenvalue weighted by atomic mass is 16.5. The van der Waals surface area contributed by atoms with Crippen LogP contribution in [0.15, 0.2) is 48.5 Å². The highest BCUT2D eigenvalue weighted by Gasteiger charge is 2.32. The Hall–Kier alpha value is -3.79. The first-order valence-electron chi connectivity index (χ1n) is 10.4. The molecule has 3 rings (SSSR count). The highest BCUT2D eigenvalue weighted by Crippen LogP contribution is 2.44. The molecule has 1 unspecified atom stereocenters. The molecule has 0 spiro atoms. The second-order valence-electron chi connectivity index (χ2n) is 7.98. The number of hydrogen-bond acceptors (Lipinski definition) is 4. The summed E-state index contributed by atoms with van der Waals surface area (Å²) in [5.74, 6) is 0.136. The molecular formula is C25H26N2O5. The average Bonchev–Trinajstić information content (AvgIpc) is 3.08. The first-order chi connectivity index (χ1) is 15.3. The topological polar surface area (TPSA) is 95.9 Å². The Morgan fingerprint density at radius 3 is 2.16 bits per heavy atom. The summed E-state index contributed by atoms with van der Waals surface area (Å²) >= 11 is 0. The first kappa shape index (κ1) is 22.9. The van der Waals surface area contributed by atoms with E-state index in [4.69, 9.17) is 16.3 Å². The van der Waals surface area contributed by atoms with Crippen molar-refractivity contribution in [3.05, 3.63) is 59.7 Å². The summed E-state index contributed by atoms with van der Waals surface area (Å²) in [7, 11) is 0. The van der Waals surface area contributed by atoms with Crippen LogP contribution in [-0.2, 0) is 14.3 Å². The maximum Gasteiger partial charge on any atom is 0.407 e. The summed E-state index contributed by atoms with van der Waals surface area (Å²) in [6, 6.07) is 15.0. The highest BCUT2D eigenvalue weighted by molar-refractivity contribution is 5.88. The molecule has 2 aromatic carbocycles. The van der Waals surface area contributed by atoms with Crippen LogP contribution in [-0.4, -0.2) is 53.7 Å². The number of amides is 2. The fourth-order valence-electron chi connectivity index (χ4n) is 3.96. The third-order valence-electron chi connectivity index (χ3n) is 5.47. The second-order valence-corrected chi connectivity index (χ2v) is 7.98. The van der Waals surface area contributed by atoms with Gasteiger partial charge < -0.3 is 20.1 Å². The monoisotopic (exact) mass is 434 g/mol. The fourth-order valence-corrected chi connectivity index (χ4v) is 3.96. The van der Waals surface area contributed by atoms with Gasteiger partial charge in [0.15, 0.2) is 0 Å². The van der Waals surface area contributed by atoms with E-state index in [0.717, 1.165) is 27.2 Å². The van der Waals surface area contributed by atoms with Crippen molar-refractivity contribution in [2.75, 3.05) is 19.7 Å². The first-order valence-corrected chi connectivity index (χ1v) is 10.4. The van der Waals surface area contributed by atoms with E-state index in [2.05, 4.69) is 11.2 Å². The summed E-state index contributed by atoms with van der Waals surface area (Å²) in [6.45, 7) is 2.91. The maximum atomic E-state index is 12.8. The lowest BCUT2D eigenvalue weighted by molar-refractivity contribution is -0.145. The number of aliphatic carboxylic acids is 1. The summed E-state index contributed by atoms with van der Waals surface area (Å²) in [5, 5.41) is 11.6. The molecule has 166 valence electrons. The van der Waals surface area contributed by atoms with Crippen LogP contribution in [0.3, 0.4) is 0 Å². The van der Waals surface area contributed by atoms with Gasteiger partial charge in [0.25, 0.3) is 0 Å². The molecule has 7 nitrogen and oxygen atoms in total. The van der Waals surface area contributed by atoms with E-state index >= 15 is 0 Å². The quantitative estimate of drug-likeness (QED) is 0.623. The molecular weight excluding hydrogens is 408 g/mol. The summed E-state index contributed by atoms with van der Waals surface area (Å²) < 4.78 is 5.51. The van der Waals surface area contributed by atoms with Crippen molar-refractivity contribution in [1.82, 2.24) is 10.2 Å². The van der Waals surface area contributed by atoms with Gasteiger partial charge in [-0.05, 0) is 28.2 Å². The van der Waals surface area contributed by atoms with E-state index in [9.17, 15) is 14.4 Å². The average molecular weight is 434 g/mol. The van der Waals surface area contributed by atoms with Crippen molar-refractivity contribution < 1.29 is 24.2 Å². The van der Waals surface area contributed by atoms with Gasteiger partial charge in [0.2, 0.25) is 5.91 Å². The van der Waals surface area contributed by atoms with Crippen molar-refractivity contribution in [2.45, 2.75) is 25.8 Å². The van der Waals surface area contributed by atoms with E-state index in [1.165, 1.54) is 0 Å². The van der Waals surface area contributed by atoms with Gasteiger partial charge in [0, 0.05) is 5.92 Å². The Morgan fingerprint density at radius 1 is 1.09 bits per heavy atom. The van der Waals surface area contributed by atoms with Gasteiger partial charge in [0.1, 0.15) is 19.2 Å². The smallest absolute Gasteiger partial charge is 0.407 e. The lowest BCUT2D eigenvalue weighted by Crippen LogP contribution is -2.52. The number of carboxylic acid groups (broad SMARTS) is 1. The molecule has 0 bridgehead atoms. The van der Waals surface area contributed by atoms with E-state index in [1.54, 1.807) is 13.8 Å². The SMILES string of the molecule is C#CCN(CC(=O)O)C(=O)C(NC(=O)OCC1c2ccccc2-c2ccccc21)C(C)C. The molecule has 0 aliphatic heterocycles. The number of carbonyl (C=O) groups excluding carboxylic acids is 2. The number of terminal acetylenes is 1. The van der Waals surface area contributed by atoms with Crippen molar-refractivity contribution in [3.63, 3.8) is 0 Å². The molecule has 0 radical (unpaired) electrons. The summed E-state index contributed by atoms with van der Waals surface area (Å²) in [6.07, 6.45) is 4.53. The number of nitrogens with zero attached hydrogens (tertiary/aromatic N) is 1. The molecule has 1 aliphatic rings. The molecule has 1 atom stereocenters. The third-order valence-corrected chi connectivity index (χ3v) is 5.47. The number of alkyl carbamates (subject to hydrolysis) is 1. The zero-order chi connectivity index (χ0) is 23.3. The van der Waals surface area contributed by atoms with Crippen LogP contribution in [0, 0.1) is 18.3 Å². The molecule has 0 fully saturated rings. The van der Waals surface area contributed by atoms with Crippen LogP contribution in [0.1, 0.15) is 30.9 Å². The van der Waals surface area contributed by atoms with Gasteiger partial charge in [-0.3, -0.25) is 9.59 Å². The van der Waals surface area contributed by atoms with Crippen molar-refractivity contribution in [3.8, 4) is 23.5 Å². The molecule has 32 heavy (non-hydrogen) atoms. The van der Waals surface area contributed by atoms with Crippen LogP contribution >= 0.6 is 0 Å². The van der Waals surface area contributed by atoms with E-state index in [0.29, 0.717) is 0 Å². The van der Waals surface area contributed by atoms with Crippen molar-refractivity contribution in [1.29, 1.82) is 0 Å². The second kappa shape index (κ2) is 10.0. The van der Waals surface area contributed by atoms with Gasteiger partial charge in [0.05, 0.1) is 6.54 Å². The third kappa shape index (κ3) is 4.92. The lowest BCUT2D eigenvalue weighted by Gasteiger charge is -2.27. The van der Waals surface area contributed by atoms with E-state index in [1.807, 2.05) is 48.5 Å². The number of carbonyl (C=O) groups is 3. The zero-order valence-electron chi connectivity index (χ0n) is 18.1. The molecule has 2 amide bonds. The zero-order valence-corrected chi connectivity index (χ0v) is 18.1. The summed E-state index contributed by atoms with van der Waals surface area (Å²) in [5.41, 5.74) is 4.40. The Morgan fingerprint density at radius 2 is 1.66 bits per heavy atom. The van der Waals surface area contributed by atoms with E-state index in [-0.39, 0.29) is 25.0 Å². The molecule has 0 heterocycles. The number of hydrogen-bond donors (Lipinski definition) is 2. The normalized spacial score (nSPS) is 12.9. The van der Waals surface area contributed by atoms with Crippen LogP contribution < -0.4 is 5.32 Å². The minimum atomic E-state index is -1.18. The van der Waals surface area contributed by atoms with Gasteiger partial charge in [-0.2, -0.15) is 0 Å². The number of fused-ring (bicyclic) bond motifs is 3. The molecule has 1 aliphatic carbocycles. The standard InChI is InChI=1S/C25H26N2O5/c1-4-13-27(14-22(28)29)24(30)23(16(2)3)26-25(31)32-15-21-19-11-7-5-9-17(19)18-10-6-8-12-20(18)21/h1,5-12,16,21,23H,13-15H2,2-3H3,(H,26,31)(H,28,29). The van der Waals surface area contributed by atoms with Crippen LogP contribution in [0.2, 0.25) is 0 Å². The molecule has 7 heteroatoms. The van der Waals surface area contributed by atoms with Crippen molar-refractivity contribution >= 4 is 18.0 Å². The molecule has 0 saturated carbocycles. The minimum absolute atomic E-state index is 0.105. The Balaban J connectivity index is 1.70. The number of ether oxygens (including phenoxy) is 1. The lowest BCUT2D eigenvalue weighted by atomic mass is 9.98. The fraction of sp³-hybridized carbons (Fsp3) is 0.320.